The number of hydrogen-bond acceptors (Lipinski definition) is 3. The van der Waals surface area contributed by atoms with E-state index in [0.717, 1.165) is 28.9 Å². The van der Waals surface area contributed by atoms with Crippen molar-refractivity contribution < 1.29 is 14.3 Å². The van der Waals surface area contributed by atoms with E-state index in [4.69, 9.17) is 4.74 Å². The second-order valence-corrected chi connectivity index (χ2v) is 8.09. The van der Waals surface area contributed by atoms with Crippen LogP contribution in [-0.2, 0) is 16.0 Å². The quantitative estimate of drug-likeness (QED) is 0.491. The highest BCUT2D eigenvalue weighted by Gasteiger charge is 2.27. The maximum atomic E-state index is 12.4. The fourth-order valence-corrected chi connectivity index (χ4v) is 2.93. The zero-order valence-corrected chi connectivity index (χ0v) is 17.9. The Bertz CT molecular complexity index is 816. The molecular formula is C24H32N2O3. The smallest absolute Gasteiger partial charge is 0.244 e. The zero-order chi connectivity index (χ0) is 21.3. The summed E-state index contributed by atoms with van der Waals surface area (Å²) in [5.41, 5.74) is 7.83. The van der Waals surface area contributed by atoms with Crippen molar-refractivity contribution in [3.63, 3.8) is 0 Å². The Morgan fingerprint density at radius 2 is 1.72 bits per heavy atom. The summed E-state index contributed by atoms with van der Waals surface area (Å²) in [5, 5.41) is 0. The minimum Gasteiger partial charge on any atom is -0.493 e. The average molecular weight is 397 g/mol. The maximum Gasteiger partial charge on any atom is 0.244 e. The zero-order valence-electron chi connectivity index (χ0n) is 17.9. The molecule has 2 aromatic rings. The average Bonchev–Trinajstić information content (AvgIpc) is 2.71. The van der Waals surface area contributed by atoms with Gasteiger partial charge >= 0.3 is 0 Å². The number of hydrazine groups is 1. The van der Waals surface area contributed by atoms with Crippen LogP contribution in [0.25, 0.3) is 0 Å². The van der Waals surface area contributed by atoms with Crippen LogP contribution < -0.4 is 15.6 Å². The lowest BCUT2D eigenvalue weighted by Gasteiger charge is -2.23. The summed E-state index contributed by atoms with van der Waals surface area (Å²) in [5.74, 6) is 0.492. The molecular weight excluding hydrogens is 364 g/mol. The van der Waals surface area contributed by atoms with Crippen molar-refractivity contribution in [3.8, 4) is 5.75 Å². The molecule has 0 saturated carbocycles. The molecule has 5 nitrogen and oxygen atoms in total. The van der Waals surface area contributed by atoms with Gasteiger partial charge in [0.05, 0.1) is 6.61 Å². The van der Waals surface area contributed by atoms with E-state index >= 15 is 0 Å². The Morgan fingerprint density at radius 3 is 2.45 bits per heavy atom. The van der Waals surface area contributed by atoms with Crippen LogP contribution in [-0.4, -0.2) is 18.4 Å². The molecule has 29 heavy (non-hydrogen) atoms. The normalized spacial score (nSPS) is 11.0. The largest absolute Gasteiger partial charge is 0.493 e. The van der Waals surface area contributed by atoms with Gasteiger partial charge in [0.25, 0.3) is 0 Å². The third-order valence-corrected chi connectivity index (χ3v) is 4.96. The van der Waals surface area contributed by atoms with Crippen molar-refractivity contribution in [2.24, 2.45) is 5.41 Å². The van der Waals surface area contributed by atoms with Gasteiger partial charge in [0.1, 0.15) is 5.75 Å². The molecule has 2 amide bonds. The fourth-order valence-electron chi connectivity index (χ4n) is 2.93. The van der Waals surface area contributed by atoms with Crippen molar-refractivity contribution in [2.75, 3.05) is 6.61 Å². The van der Waals surface area contributed by atoms with Gasteiger partial charge in [-0.1, -0.05) is 56.3 Å². The van der Waals surface area contributed by atoms with Gasteiger partial charge in [-0.2, -0.15) is 0 Å². The van der Waals surface area contributed by atoms with Crippen LogP contribution in [0.3, 0.4) is 0 Å². The van der Waals surface area contributed by atoms with Gasteiger partial charge in [-0.15, -0.1) is 0 Å². The molecule has 2 N–H and O–H groups in total. The maximum absolute atomic E-state index is 12.4. The number of carbonyl (C=O) groups is 2. The number of hydrogen-bond donors (Lipinski definition) is 2. The third kappa shape index (κ3) is 7.60. The predicted octanol–water partition coefficient (Wildman–Crippen LogP) is 4.27. The summed E-state index contributed by atoms with van der Waals surface area (Å²) in [4.78, 5) is 24.4. The molecule has 0 radical (unpaired) electrons. The highest BCUT2D eigenvalue weighted by molar-refractivity contribution is 5.85. The first-order valence-corrected chi connectivity index (χ1v) is 10.1. The molecule has 0 aliphatic rings. The summed E-state index contributed by atoms with van der Waals surface area (Å²) in [7, 11) is 0. The molecule has 156 valence electrons. The predicted molar refractivity (Wildman–Crippen MR) is 115 cm³/mol. The molecule has 0 spiro atoms. The molecule has 0 bridgehead atoms. The lowest BCUT2D eigenvalue weighted by atomic mass is 9.87. The van der Waals surface area contributed by atoms with E-state index in [-0.39, 0.29) is 11.8 Å². The lowest BCUT2D eigenvalue weighted by molar-refractivity contribution is -0.134. The molecule has 0 heterocycles. The number of ether oxygens (including phenoxy) is 1. The topological polar surface area (TPSA) is 67.4 Å². The first-order valence-electron chi connectivity index (χ1n) is 10.1. The number of benzene rings is 2. The van der Waals surface area contributed by atoms with Crippen molar-refractivity contribution in [3.05, 3.63) is 65.2 Å². The fraction of sp³-hybridized carbons (Fsp3) is 0.417. The van der Waals surface area contributed by atoms with Crippen LogP contribution in [0.1, 0.15) is 49.8 Å². The molecule has 0 aromatic heterocycles. The summed E-state index contributed by atoms with van der Waals surface area (Å²) in [6.45, 7) is 8.34. The van der Waals surface area contributed by atoms with Gasteiger partial charge in [-0.25, -0.2) is 0 Å². The number of nitrogens with one attached hydrogen (secondary N) is 2. The lowest BCUT2D eigenvalue weighted by Crippen LogP contribution is -2.47. The minimum absolute atomic E-state index is 0.197. The monoisotopic (exact) mass is 396 g/mol. The van der Waals surface area contributed by atoms with E-state index in [1.54, 1.807) is 0 Å². The van der Waals surface area contributed by atoms with E-state index in [0.29, 0.717) is 25.9 Å². The number of carbonyl (C=O) groups excluding carboxylic acids is 2. The van der Waals surface area contributed by atoms with Crippen LogP contribution in [0.4, 0.5) is 0 Å². The van der Waals surface area contributed by atoms with Gasteiger partial charge < -0.3 is 4.74 Å². The summed E-state index contributed by atoms with van der Waals surface area (Å²) >= 11 is 0. The van der Waals surface area contributed by atoms with Gasteiger partial charge in [-0.3, -0.25) is 20.4 Å². The Kier molecular flexibility index (Phi) is 8.25. The van der Waals surface area contributed by atoms with E-state index in [1.807, 2.05) is 70.2 Å². The minimum atomic E-state index is -0.599. The highest BCUT2D eigenvalue weighted by Crippen LogP contribution is 2.24. The number of aryl methyl sites for hydroxylation is 3. The highest BCUT2D eigenvalue weighted by atomic mass is 16.5. The Morgan fingerprint density at radius 1 is 1.00 bits per heavy atom. The van der Waals surface area contributed by atoms with E-state index < -0.39 is 5.41 Å². The van der Waals surface area contributed by atoms with Gasteiger partial charge in [0.2, 0.25) is 11.8 Å². The summed E-state index contributed by atoms with van der Waals surface area (Å²) in [6, 6.07) is 15.9. The molecule has 0 atom stereocenters. The third-order valence-electron chi connectivity index (χ3n) is 4.96. The van der Waals surface area contributed by atoms with Crippen LogP contribution in [0.2, 0.25) is 0 Å². The van der Waals surface area contributed by atoms with E-state index in [9.17, 15) is 9.59 Å². The second-order valence-electron chi connectivity index (χ2n) is 8.09. The summed E-state index contributed by atoms with van der Waals surface area (Å²) < 4.78 is 5.86. The van der Waals surface area contributed by atoms with E-state index in [1.165, 1.54) is 0 Å². The second kappa shape index (κ2) is 10.6. The molecule has 0 unspecified atom stereocenters. The molecule has 5 heteroatoms. The van der Waals surface area contributed by atoms with Crippen molar-refractivity contribution >= 4 is 11.8 Å². The SMILES string of the molecule is Cc1ccc(C)c(OCCCC(C)(C)C(=O)NNC(=O)CCc2ccccc2)c1. The van der Waals surface area contributed by atoms with Crippen LogP contribution in [0.5, 0.6) is 5.75 Å². The van der Waals surface area contributed by atoms with Gasteiger partial charge in [0, 0.05) is 11.8 Å². The van der Waals surface area contributed by atoms with Crippen LogP contribution in [0, 0.1) is 19.3 Å². The Hall–Kier alpha value is -2.82. The number of amides is 2. The van der Waals surface area contributed by atoms with Crippen LogP contribution in [0.15, 0.2) is 48.5 Å². The van der Waals surface area contributed by atoms with Crippen LogP contribution >= 0.6 is 0 Å². The van der Waals surface area contributed by atoms with Crippen molar-refractivity contribution in [1.29, 1.82) is 0 Å². The first kappa shape index (κ1) is 22.5. The molecule has 0 fully saturated rings. The van der Waals surface area contributed by atoms with Gasteiger partial charge in [-0.05, 0) is 55.9 Å². The van der Waals surface area contributed by atoms with Gasteiger partial charge in [0.15, 0.2) is 0 Å². The summed E-state index contributed by atoms with van der Waals surface area (Å²) in [6.07, 6.45) is 2.37. The molecule has 2 rings (SSSR count). The Labute approximate surface area is 173 Å². The standard InChI is InChI=1S/C24H32N2O3/c1-18-11-12-19(2)21(17-18)29-16-8-15-24(3,4)23(28)26-25-22(27)14-13-20-9-6-5-7-10-20/h5-7,9-12,17H,8,13-16H2,1-4H3,(H,25,27)(H,26,28). The molecule has 0 aliphatic heterocycles. The molecule has 2 aromatic carbocycles. The van der Waals surface area contributed by atoms with E-state index in [2.05, 4.69) is 16.9 Å². The Balaban J connectivity index is 1.69. The van der Waals surface area contributed by atoms with Crippen molar-refractivity contribution in [2.45, 2.75) is 53.4 Å². The first-order chi connectivity index (χ1) is 13.8. The van der Waals surface area contributed by atoms with Crippen molar-refractivity contribution in [1.82, 2.24) is 10.9 Å². The molecule has 0 saturated heterocycles. The molecule has 0 aliphatic carbocycles. The number of rotatable bonds is 9.